The second-order valence-corrected chi connectivity index (χ2v) is 2.21. The Morgan fingerprint density at radius 1 is 1.60 bits per heavy atom. The summed E-state index contributed by atoms with van der Waals surface area (Å²) in [7, 11) is 0. The van der Waals surface area contributed by atoms with Gasteiger partial charge in [0.1, 0.15) is 6.10 Å². The van der Waals surface area contributed by atoms with Crippen LogP contribution >= 0.6 is 0 Å². The standard InChI is InChI=1S/C6H12O4/c1-3-5(8)6(9,10)4(2)7/h5,8-10H,3H2,1-2H3. The Labute approximate surface area is 59.1 Å². The molecule has 0 radical (unpaired) electrons. The second-order valence-electron chi connectivity index (χ2n) is 2.21. The molecule has 0 aliphatic rings. The van der Waals surface area contributed by atoms with Crippen LogP contribution in [-0.4, -0.2) is 33.0 Å². The van der Waals surface area contributed by atoms with Gasteiger partial charge >= 0.3 is 0 Å². The molecule has 0 heterocycles. The highest BCUT2D eigenvalue weighted by Gasteiger charge is 2.36. The van der Waals surface area contributed by atoms with E-state index >= 15 is 0 Å². The van der Waals surface area contributed by atoms with E-state index in [1.807, 2.05) is 0 Å². The quantitative estimate of drug-likeness (QED) is 0.450. The highest BCUT2D eigenvalue weighted by Crippen LogP contribution is 2.10. The third kappa shape index (κ3) is 1.76. The molecular weight excluding hydrogens is 136 g/mol. The molecular formula is C6H12O4. The molecule has 4 heteroatoms. The smallest absolute Gasteiger partial charge is 0.250 e. The van der Waals surface area contributed by atoms with E-state index in [1.54, 1.807) is 6.92 Å². The van der Waals surface area contributed by atoms with Crippen molar-refractivity contribution < 1.29 is 20.1 Å². The molecule has 4 nitrogen and oxygen atoms in total. The second kappa shape index (κ2) is 3.09. The minimum absolute atomic E-state index is 0.132. The lowest BCUT2D eigenvalue weighted by Crippen LogP contribution is -2.47. The third-order valence-corrected chi connectivity index (χ3v) is 1.37. The lowest BCUT2D eigenvalue weighted by molar-refractivity contribution is -0.218. The molecule has 0 fully saturated rings. The van der Waals surface area contributed by atoms with Crippen LogP contribution in [-0.2, 0) is 4.79 Å². The first-order valence-corrected chi connectivity index (χ1v) is 3.06. The molecule has 0 aliphatic carbocycles. The van der Waals surface area contributed by atoms with Gasteiger partial charge in [-0.15, -0.1) is 0 Å². The topological polar surface area (TPSA) is 77.8 Å². The molecule has 0 aliphatic heterocycles. The van der Waals surface area contributed by atoms with Crippen LogP contribution in [0, 0.1) is 0 Å². The monoisotopic (exact) mass is 148 g/mol. The molecule has 3 N–H and O–H groups in total. The molecule has 0 amide bonds. The Balaban J connectivity index is 4.23. The van der Waals surface area contributed by atoms with E-state index in [0.29, 0.717) is 0 Å². The van der Waals surface area contributed by atoms with Crippen molar-refractivity contribution in [2.75, 3.05) is 0 Å². The third-order valence-electron chi connectivity index (χ3n) is 1.37. The summed E-state index contributed by atoms with van der Waals surface area (Å²) in [6, 6.07) is 0. The van der Waals surface area contributed by atoms with Gasteiger partial charge in [0.05, 0.1) is 0 Å². The van der Waals surface area contributed by atoms with Crippen LogP contribution < -0.4 is 0 Å². The Bertz CT molecular complexity index is 130. The Morgan fingerprint density at radius 2 is 2.00 bits per heavy atom. The largest absolute Gasteiger partial charge is 0.387 e. The number of rotatable bonds is 3. The molecule has 1 atom stereocenters. The van der Waals surface area contributed by atoms with Crippen molar-refractivity contribution in [3.8, 4) is 0 Å². The van der Waals surface area contributed by atoms with Gasteiger partial charge in [0, 0.05) is 6.92 Å². The fraction of sp³-hybridized carbons (Fsp3) is 0.833. The number of aliphatic hydroxyl groups is 3. The minimum atomic E-state index is -2.57. The van der Waals surface area contributed by atoms with Crippen LogP contribution in [0.4, 0.5) is 0 Å². The predicted octanol–water partition coefficient (Wildman–Crippen LogP) is -0.973. The van der Waals surface area contributed by atoms with Gasteiger partial charge < -0.3 is 15.3 Å². The van der Waals surface area contributed by atoms with Crippen molar-refractivity contribution >= 4 is 5.78 Å². The number of carbonyl (C=O) groups is 1. The van der Waals surface area contributed by atoms with Gasteiger partial charge in [0.2, 0.25) is 0 Å². The number of hydrogen-bond acceptors (Lipinski definition) is 4. The first kappa shape index (κ1) is 9.55. The van der Waals surface area contributed by atoms with Gasteiger partial charge in [-0.25, -0.2) is 0 Å². The zero-order valence-electron chi connectivity index (χ0n) is 6.03. The maximum Gasteiger partial charge on any atom is 0.250 e. The van der Waals surface area contributed by atoms with Gasteiger partial charge in [0.25, 0.3) is 5.79 Å². The predicted molar refractivity (Wildman–Crippen MR) is 34.1 cm³/mol. The van der Waals surface area contributed by atoms with E-state index < -0.39 is 17.7 Å². The summed E-state index contributed by atoms with van der Waals surface area (Å²) >= 11 is 0. The summed E-state index contributed by atoms with van der Waals surface area (Å²) in [5.41, 5.74) is 0. The maximum absolute atomic E-state index is 10.4. The molecule has 0 aromatic heterocycles. The number of carbonyl (C=O) groups excluding carboxylic acids is 1. The van der Waals surface area contributed by atoms with E-state index in [0.717, 1.165) is 6.92 Å². The van der Waals surface area contributed by atoms with E-state index in [4.69, 9.17) is 15.3 Å². The van der Waals surface area contributed by atoms with Crippen molar-refractivity contribution in [1.29, 1.82) is 0 Å². The van der Waals surface area contributed by atoms with E-state index in [9.17, 15) is 4.79 Å². The van der Waals surface area contributed by atoms with E-state index in [1.165, 1.54) is 0 Å². The number of Topliss-reactive ketones (excluding diaryl/α,β-unsaturated/α-hetero) is 1. The van der Waals surface area contributed by atoms with Crippen LogP contribution in [0.5, 0.6) is 0 Å². The normalized spacial score (nSPS) is 14.9. The summed E-state index contributed by atoms with van der Waals surface area (Å²) in [5, 5.41) is 26.5. The summed E-state index contributed by atoms with van der Waals surface area (Å²) < 4.78 is 0. The minimum Gasteiger partial charge on any atom is -0.387 e. The Kier molecular flexibility index (Phi) is 2.96. The van der Waals surface area contributed by atoms with Gasteiger partial charge in [-0.2, -0.15) is 0 Å². The van der Waals surface area contributed by atoms with Crippen LogP contribution in [0.3, 0.4) is 0 Å². The lowest BCUT2D eigenvalue weighted by atomic mass is 10.0. The van der Waals surface area contributed by atoms with Crippen LogP contribution in [0.15, 0.2) is 0 Å². The molecule has 1 unspecified atom stereocenters. The molecule has 0 aromatic carbocycles. The van der Waals surface area contributed by atoms with Crippen LogP contribution in [0.25, 0.3) is 0 Å². The fourth-order valence-corrected chi connectivity index (χ4v) is 0.519. The van der Waals surface area contributed by atoms with E-state index in [2.05, 4.69) is 0 Å². The Hall–Kier alpha value is -0.450. The SMILES string of the molecule is CCC(O)C(O)(O)C(C)=O. The highest BCUT2D eigenvalue weighted by atomic mass is 16.5. The average Bonchev–Trinajstić information content (AvgIpc) is 1.86. The highest BCUT2D eigenvalue weighted by molar-refractivity contribution is 5.83. The van der Waals surface area contributed by atoms with Crippen molar-refractivity contribution in [2.45, 2.75) is 32.2 Å². The summed E-state index contributed by atoms with van der Waals surface area (Å²) in [6.45, 7) is 2.56. The summed E-state index contributed by atoms with van der Waals surface area (Å²) in [5.74, 6) is -3.42. The summed E-state index contributed by atoms with van der Waals surface area (Å²) in [6.07, 6.45) is -1.27. The van der Waals surface area contributed by atoms with Crippen molar-refractivity contribution in [3.05, 3.63) is 0 Å². The van der Waals surface area contributed by atoms with Crippen LogP contribution in [0.1, 0.15) is 20.3 Å². The summed E-state index contributed by atoms with van der Waals surface area (Å²) in [4.78, 5) is 10.4. The van der Waals surface area contributed by atoms with Crippen molar-refractivity contribution in [3.63, 3.8) is 0 Å². The van der Waals surface area contributed by atoms with E-state index in [-0.39, 0.29) is 6.42 Å². The van der Waals surface area contributed by atoms with Crippen LogP contribution in [0.2, 0.25) is 0 Å². The number of ketones is 1. The first-order valence-electron chi connectivity index (χ1n) is 3.06. The van der Waals surface area contributed by atoms with Crippen molar-refractivity contribution in [1.82, 2.24) is 0 Å². The zero-order valence-corrected chi connectivity index (χ0v) is 6.03. The fourth-order valence-electron chi connectivity index (χ4n) is 0.519. The molecule has 0 saturated heterocycles. The van der Waals surface area contributed by atoms with Gasteiger partial charge in [0.15, 0.2) is 5.78 Å². The maximum atomic E-state index is 10.4. The molecule has 10 heavy (non-hydrogen) atoms. The Morgan fingerprint density at radius 3 is 2.10 bits per heavy atom. The molecule has 0 rings (SSSR count). The number of aliphatic hydroxyl groups excluding tert-OH is 1. The average molecular weight is 148 g/mol. The molecule has 0 bridgehead atoms. The lowest BCUT2D eigenvalue weighted by Gasteiger charge is -2.22. The molecule has 0 spiro atoms. The molecule has 0 saturated carbocycles. The van der Waals surface area contributed by atoms with Crippen molar-refractivity contribution in [2.24, 2.45) is 0 Å². The molecule has 0 aromatic rings. The number of hydrogen-bond donors (Lipinski definition) is 3. The van der Waals surface area contributed by atoms with Gasteiger partial charge in [-0.05, 0) is 6.42 Å². The first-order chi connectivity index (χ1) is 4.42. The zero-order chi connectivity index (χ0) is 8.36. The van der Waals surface area contributed by atoms with Gasteiger partial charge in [-0.1, -0.05) is 6.92 Å². The van der Waals surface area contributed by atoms with Gasteiger partial charge in [-0.3, -0.25) is 4.79 Å². The molecule has 60 valence electrons.